The van der Waals surface area contributed by atoms with E-state index in [2.05, 4.69) is 15.3 Å². The summed E-state index contributed by atoms with van der Waals surface area (Å²) in [6.45, 7) is 2.59. The van der Waals surface area contributed by atoms with Gasteiger partial charge in [0.25, 0.3) is 0 Å². The van der Waals surface area contributed by atoms with Gasteiger partial charge in [0.2, 0.25) is 0 Å². The van der Waals surface area contributed by atoms with Gasteiger partial charge in [-0.3, -0.25) is 4.98 Å². The molecule has 82 valence electrons. The van der Waals surface area contributed by atoms with E-state index in [4.69, 9.17) is 5.73 Å². The Bertz CT molecular complexity index is 468. The summed E-state index contributed by atoms with van der Waals surface area (Å²) in [5, 5.41) is 3.16. The molecule has 0 atom stereocenters. The Morgan fingerprint density at radius 1 is 1.31 bits per heavy atom. The Morgan fingerprint density at radius 3 is 2.88 bits per heavy atom. The van der Waals surface area contributed by atoms with E-state index in [9.17, 15) is 0 Å². The summed E-state index contributed by atoms with van der Waals surface area (Å²) >= 11 is 0. The monoisotopic (exact) mass is 214 g/mol. The van der Waals surface area contributed by atoms with Crippen LogP contribution in [0.3, 0.4) is 0 Å². The predicted octanol–water partition coefficient (Wildman–Crippen LogP) is 1.98. The molecule has 4 nitrogen and oxygen atoms in total. The number of nitrogen functional groups attached to an aromatic ring is 1. The van der Waals surface area contributed by atoms with Crippen molar-refractivity contribution >= 4 is 11.5 Å². The van der Waals surface area contributed by atoms with Gasteiger partial charge >= 0.3 is 0 Å². The van der Waals surface area contributed by atoms with Crippen molar-refractivity contribution in [1.29, 1.82) is 0 Å². The number of rotatable bonds is 3. The molecule has 0 aliphatic heterocycles. The van der Waals surface area contributed by atoms with E-state index in [1.807, 2.05) is 31.2 Å². The summed E-state index contributed by atoms with van der Waals surface area (Å²) in [6, 6.07) is 7.70. The average Bonchev–Trinajstić information content (AvgIpc) is 2.29. The number of nitrogens with two attached hydrogens (primary N) is 1. The van der Waals surface area contributed by atoms with E-state index in [1.54, 1.807) is 12.4 Å². The first-order valence-electron chi connectivity index (χ1n) is 5.11. The van der Waals surface area contributed by atoms with Crippen LogP contribution >= 0.6 is 0 Å². The van der Waals surface area contributed by atoms with Gasteiger partial charge in [-0.1, -0.05) is 6.07 Å². The van der Waals surface area contributed by atoms with Gasteiger partial charge in [-0.15, -0.1) is 0 Å². The number of anilines is 2. The molecule has 3 N–H and O–H groups in total. The maximum atomic E-state index is 5.84. The standard InChI is InChI=1S/C12H14N4/c1-9-6-11(13)12(15-7-9)16-8-10-4-2-3-5-14-10/h2-7H,8,13H2,1H3,(H,15,16). The van der Waals surface area contributed by atoms with E-state index < -0.39 is 0 Å². The molecule has 0 aliphatic carbocycles. The second-order valence-electron chi connectivity index (χ2n) is 3.63. The molecule has 4 heteroatoms. The molecular weight excluding hydrogens is 200 g/mol. The van der Waals surface area contributed by atoms with Gasteiger partial charge in [-0.25, -0.2) is 4.98 Å². The van der Waals surface area contributed by atoms with Crippen LogP contribution in [0, 0.1) is 6.92 Å². The molecule has 2 aromatic heterocycles. The van der Waals surface area contributed by atoms with Gasteiger partial charge in [0.1, 0.15) is 5.82 Å². The van der Waals surface area contributed by atoms with Crippen molar-refractivity contribution in [2.24, 2.45) is 0 Å². The second-order valence-corrected chi connectivity index (χ2v) is 3.63. The van der Waals surface area contributed by atoms with Crippen molar-refractivity contribution < 1.29 is 0 Å². The lowest BCUT2D eigenvalue weighted by molar-refractivity contribution is 1.03. The Balaban J connectivity index is 2.05. The molecular formula is C12H14N4. The average molecular weight is 214 g/mol. The van der Waals surface area contributed by atoms with Crippen LogP contribution in [0.5, 0.6) is 0 Å². The van der Waals surface area contributed by atoms with Crippen molar-refractivity contribution in [1.82, 2.24) is 9.97 Å². The van der Waals surface area contributed by atoms with Crippen LogP contribution in [-0.4, -0.2) is 9.97 Å². The largest absolute Gasteiger partial charge is 0.396 e. The minimum atomic E-state index is 0.626. The zero-order chi connectivity index (χ0) is 11.4. The molecule has 2 aromatic rings. The number of pyridine rings is 2. The molecule has 0 amide bonds. The minimum Gasteiger partial charge on any atom is -0.396 e. The van der Waals surface area contributed by atoms with Crippen LogP contribution in [-0.2, 0) is 6.54 Å². The maximum absolute atomic E-state index is 5.84. The molecule has 0 saturated heterocycles. The third kappa shape index (κ3) is 2.48. The molecule has 0 spiro atoms. The highest BCUT2D eigenvalue weighted by atomic mass is 15.0. The third-order valence-corrected chi connectivity index (χ3v) is 2.22. The summed E-state index contributed by atoms with van der Waals surface area (Å²) in [4.78, 5) is 8.44. The lowest BCUT2D eigenvalue weighted by Gasteiger charge is -2.08. The molecule has 16 heavy (non-hydrogen) atoms. The summed E-state index contributed by atoms with van der Waals surface area (Å²) in [7, 11) is 0. The fraction of sp³-hybridized carbons (Fsp3) is 0.167. The highest BCUT2D eigenvalue weighted by Crippen LogP contribution is 2.16. The first-order valence-corrected chi connectivity index (χ1v) is 5.11. The molecule has 2 rings (SSSR count). The molecule has 0 fully saturated rings. The van der Waals surface area contributed by atoms with Crippen LogP contribution < -0.4 is 11.1 Å². The zero-order valence-corrected chi connectivity index (χ0v) is 9.14. The quantitative estimate of drug-likeness (QED) is 0.820. The summed E-state index contributed by atoms with van der Waals surface area (Å²) in [6.07, 6.45) is 3.56. The zero-order valence-electron chi connectivity index (χ0n) is 9.14. The van der Waals surface area contributed by atoms with Crippen LogP contribution in [0.2, 0.25) is 0 Å². The topological polar surface area (TPSA) is 63.8 Å². The molecule has 0 unspecified atom stereocenters. The Morgan fingerprint density at radius 2 is 2.19 bits per heavy atom. The number of aromatic nitrogens is 2. The van der Waals surface area contributed by atoms with E-state index in [0.29, 0.717) is 18.1 Å². The van der Waals surface area contributed by atoms with Crippen molar-refractivity contribution in [3.05, 3.63) is 47.9 Å². The Kier molecular flexibility index (Phi) is 3.00. The van der Waals surface area contributed by atoms with Gasteiger partial charge in [0.05, 0.1) is 17.9 Å². The van der Waals surface area contributed by atoms with E-state index in [-0.39, 0.29) is 0 Å². The summed E-state index contributed by atoms with van der Waals surface area (Å²) in [5.41, 5.74) is 8.52. The van der Waals surface area contributed by atoms with Crippen LogP contribution in [0.25, 0.3) is 0 Å². The lowest BCUT2D eigenvalue weighted by atomic mass is 10.3. The normalized spacial score (nSPS) is 10.1. The first-order chi connectivity index (χ1) is 7.75. The minimum absolute atomic E-state index is 0.626. The second kappa shape index (κ2) is 4.61. The fourth-order valence-corrected chi connectivity index (χ4v) is 1.42. The van der Waals surface area contributed by atoms with Crippen LogP contribution in [0.15, 0.2) is 36.7 Å². The summed E-state index contributed by atoms with van der Waals surface area (Å²) in [5.74, 6) is 0.705. The van der Waals surface area contributed by atoms with Gasteiger partial charge in [0, 0.05) is 12.4 Å². The lowest BCUT2D eigenvalue weighted by Crippen LogP contribution is -2.05. The molecule has 0 bridgehead atoms. The number of nitrogens with one attached hydrogen (secondary N) is 1. The van der Waals surface area contributed by atoms with E-state index >= 15 is 0 Å². The SMILES string of the molecule is Cc1cnc(NCc2ccccn2)c(N)c1. The van der Waals surface area contributed by atoms with Gasteiger partial charge in [-0.2, -0.15) is 0 Å². The number of hydrogen-bond acceptors (Lipinski definition) is 4. The molecule has 0 saturated carbocycles. The Hall–Kier alpha value is -2.10. The maximum Gasteiger partial charge on any atom is 0.149 e. The third-order valence-electron chi connectivity index (χ3n) is 2.22. The van der Waals surface area contributed by atoms with E-state index in [1.165, 1.54) is 0 Å². The first kappa shape index (κ1) is 10.4. The number of aryl methyl sites for hydroxylation is 1. The molecule has 2 heterocycles. The van der Waals surface area contributed by atoms with Crippen molar-refractivity contribution in [2.45, 2.75) is 13.5 Å². The van der Waals surface area contributed by atoms with Crippen LogP contribution in [0.4, 0.5) is 11.5 Å². The van der Waals surface area contributed by atoms with Crippen molar-refractivity contribution in [3.63, 3.8) is 0 Å². The van der Waals surface area contributed by atoms with Crippen molar-refractivity contribution in [3.8, 4) is 0 Å². The van der Waals surface area contributed by atoms with Gasteiger partial charge in [0.15, 0.2) is 0 Å². The molecule has 0 aliphatic rings. The predicted molar refractivity (Wildman–Crippen MR) is 65.0 cm³/mol. The Labute approximate surface area is 94.5 Å². The summed E-state index contributed by atoms with van der Waals surface area (Å²) < 4.78 is 0. The van der Waals surface area contributed by atoms with Crippen LogP contribution in [0.1, 0.15) is 11.3 Å². The van der Waals surface area contributed by atoms with Gasteiger partial charge < -0.3 is 11.1 Å². The van der Waals surface area contributed by atoms with Gasteiger partial charge in [-0.05, 0) is 30.7 Å². The fourth-order valence-electron chi connectivity index (χ4n) is 1.42. The molecule has 0 radical (unpaired) electrons. The number of hydrogen-bond donors (Lipinski definition) is 2. The smallest absolute Gasteiger partial charge is 0.149 e. The van der Waals surface area contributed by atoms with Crippen molar-refractivity contribution in [2.75, 3.05) is 11.1 Å². The highest BCUT2D eigenvalue weighted by Gasteiger charge is 2.00. The number of nitrogens with zero attached hydrogens (tertiary/aromatic N) is 2. The van der Waals surface area contributed by atoms with E-state index in [0.717, 1.165) is 11.3 Å². The molecule has 0 aromatic carbocycles. The highest BCUT2D eigenvalue weighted by molar-refractivity contribution is 5.61.